The molecule has 0 saturated heterocycles. The molecule has 2 amide bonds. The standard InChI is InChI=1S/C21H26N6O3/c1-13-5-7-14(8-6-13)23-25-18-16(9-21(2,3)10-17(18)28)24-26-19(29)15-11-22-12-27(4)20(15)30/h5-8,11,22-23H,9-10,12H2,1-4H3,(H,26,29)/b24-16-,25-18-. The van der Waals surface area contributed by atoms with Crippen LogP contribution < -0.4 is 16.2 Å². The normalized spacial score (nSPS) is 21.3. The molecule has 0 atom stereocenters. The Morgan fingerprint density at radius 2 is 1.83 bits per heavy atom. The molecule has 1 aromatic rings. The molecular formula is C21H26N6O3. The van der Waals surface area contributed by atoms with Crippen LogP contribution >= 0.6 is 0 Å². The van der Waals surface area contributed by atoms with Crippen molar-refractivity contribution in [3.63, 3.8) is 0 Å². The fraction of sp³-hybridized carbons (Fsp3) is 0.381. The molecule has 1 saturated carbocycles. The van der Waals surface area contributed by atoms with Gasteiger partial charge in [-0.15, -0.1) is 0 Å². The van der Waals surface area contributed by atoms with Gasteiger partial charge >= 0.3 is 0 Å². The Balaban J connectivity index is 1.82. The van der Waals surface area contributed by atoms with Crippen molar-refractivity contribution in [1.29, 1.82) is 0 Å². The molecule has 0 aromatic heterocycles. The first-order valence-electron chi connectivity index (χ1n) is 9.66. The number of rotatable bonds is 4. The van der Waals surface area contributed by atoms with E-state index in [0.717, 1.165) is 11.3 Å². The summed E-state index contributed by atoms with van der Waals surface area (Å²) in [5, 5.41) is 11.3. The van der Waals surface area contributed by atoms with Crippen LogP contribution in [0.1, 0.15) is 32.3 Å². The number of hydrazone groups is 2. The summed E-state index contributed by atoms with van der Waals surface area (Å²) in [6, 6.07) is 7.59. The molecule has 3 N–H and O–H groups in total. The van der Waals surface area contributed by atoms with Crippen LogP contribution in [-0.4, -0.2) is 47.6 Å². The van der Waals surface area contributed by atoms with E-state index in [1.54, 1.807) is 7.05 Å². The number of anilines is 1. The smallest absolute Gasteiger partial charge is 0.278 e. The van der Waals surface area contributed by atoms with Crippen molar-refractivity contribution in [3.8, 4) is 0 Å². The van der Waals surface area contributed by atoms with Crippen LogP contribution in [0.3, 0.4) is 0 Å². The molecule has 9 heteroatoms. The van der Waals surface area contributed by atoms with Gasteiger partial charge in [-0.1, -0.05) is 31.5 Å². The fourth-order valence-electron chi connectivity index (χ4n) is 3.21. The SMILES string of the molecule is Cc1ccc(N/N=C2\C(=O)CC(C)(C)C\C2=N\NC(=O)C2=CNCN(C)C2=O)cc1. The highest BCUT2D eigenvalue weighted by molar-refractivity contribution is 6.68. The Kier molecular flexibility index (Phi) is 6.00. The summed E-state index contributed by atoms with van der Waals surface area (Å²) in [7, 11) is 1.59. The van der Waals surface area contributed by atoms with E-state index < -0.39 is 11.8 Å². The minimum atomic E-state index is -0.645. The van der Waals surface area contributed by atoms with Gasteiger partial charge in [0, 0.05) is 19.7 Å². The van der Waals surface area contributed by atoms with E-state index in [2.05, 4.69) is 26.4 Å². The number of amides is 2. The topological polar surface area (TPSA) is 115 Å². The van der Waals surface area contributed by atoms with Crippen molar-refractivity contribution in [2.75, 3.05) is 19.1 Å². The Morgan fingerprint density at radius 3 is 2.53 bits per heavy atom. The molecule has 2 aliphatic rings. The summed E-state index contributed by atoms with van der Waals surface area (Å²) in [5.41, 5.74) is 7.31. The lowest BCUT2D eigenvalue weighted by atomic mass is 9.75. The van der Waals surface area contributed by atoms with Gasteiger partial charge in [0.05, 0.1) is 18.1 Å². The predicted molar refractivity (Wildman–Crippen MR) is 115 cm³/mol. The molecule has 1 aromatic carbocycles. The minimum Gasteiger partial charge on any atom is -0.373 e. The molecular weight excluding hydrogens is 384 g/mol. The number of aryl methyl sites for hydroxylation is 1. The summed E-state index contributed by atoms with van der Waals surface area (Å²) in [6.45, 7) is 6.22. The zero-order valence-electron chi connectivity index (χ0n) is 17.6. The Bertz CT molecular complexity index is 959. The first kappa shape index (κ1) is 21.2. The number of hydrogen-bond acceptors (Lipinski definition) is 7. The quantitative estimate of drug-likeness (QED) is 0.514. The van der Waals surface area contributed by atoms with E-state index in [0.29, 0.717) is 25.2 Å². The monoisotopic (exact) mass is 410 g/mol. The van der Waals surface area contributed by atoms with Crippen LogP contribution in [0.5, 0.6) is 0 Å². The zero-order valence-corrected chi connectivity index (χ0v) is 17.6. The number of nitrogens with zero attached hydrogens (tertiary/aromatic N) is 3. The number of carbonyl (C=O) groups excluding carboxylic acids is 3. The van der Waals surface area contributed by atoms with Gasteiger partial charge in [0.25, 0.3) is 11.8 Å². The van der Waals surface area contributed by atoms with Gasteiger partial charge in [-0.05, 0) is 30.9 Å². The lowest BCUT2D eigenvalue weighted by Gasteiger charge is -2.30. The molecule has 30 heavy (non-hydrogen) atoms. The summed E-state index contributed by atoms with van der Waals surface area (Å²) < 4.78 is 0. The minimum absolute atomic E-state index is 0.0502. The van der Waals surface area contributed by atoms with Crippen molar-refractivity contribution in [2.24, 2.45) is 15.6 Å². The first-order valence-corrected chi connectivity index (χ1v) is 9.66. The van der Waals surface area contributed by atoms with Crippen LogP contribution in [0.15, 0.2) is 46.2 Å². The molecule has 158 valence electrons. The molecule has 1 aliphatic carbocycles. The van der Waals surface area contributed by atoms with E-state index >= 15 is 0 Å². The van der Waals surface area contributed by atoms with Crippen LogP contribution in [0.4, 0.5) is 5.69 Å². The van der Waals surface area contributed by atoms with Gasteiger partial charge in [0.2, 0.25) is 0 Å². The number of carbonyl (C=O) groups is 3. The molecule has 0 radical (unpaired) electrons. The highest BCUT2D eigenvalue weighted by atomic mass is 16.2. The maximum atomic E-state index is 12.7. The molecule has 0 unspecified atom stereocenters. The van der Waals surface area contributed by atoms with Crippen LogP contribution in [0.2, 0.25) is 0 Å². The largest absolute Gasteiger partial charge is 0.373 e. The number of Topliss-reactive ketones (excluding diaryl/α,β-unsaturated/α-hetero) is 1. The van der Waals surface area contributed by atoms with Crippen molar-refractivity contribution in [3.05, 3.63) is 41.6 Å². The van der Waals surface area contributed by atoms with Gasteiger partial charge in [0.1, 0.15) is 11.3 Å². The van der Waals surface area contributed by atoms with Gasteiger partial charge in [0.15, 0.2) is 5.78 Å². The van der Waals surface area contributed by atoms with Crippen molar-refractivity contribution >= 4 is 34.7 Å². The van der Waals surface area contributed by atoms with Crippen LogP contribution in [0.25, 0.3) is 0 Å². The maximum Gasteiger partial charge on any atom is 0.278 e. The second-order valence-corrected chi connectivity index (χ2v) is 8.30. The van der Waals surface area contributed by atoms with Crippen LogP contribution in [0, 0.1) is 12.3 Å². The summed E-state index contributed by atoms with van der Waals surface area (Å²) in [6.07, 6.45) is 2.15. The lowest BCUT2D eigenvalue weighted by molar-refractivity contribution is -0.130. The van der Waals surface area contributed by atoms with E-state index in [4.69, 9.17) is 0 Å². The van der Waals surface area contributed by atoms with Crippen molar-refractivity contribution < 1.29 is 14.4 Å². The Labute approximate surface area is 175 Å². The van der Waals surface area contributed by atoms with E-state index in [-0.39, 0.29) is 22.5 Å². The second kappa shape index (κ2) is 8.48. The number of ketones is 1. The Morgan fingerprint density at radius 1 is 1.13 bits per heavy atom. The van der Waals surface area contributed by atoms with E-state index in [1.165, 1.54) is 11.1 Å². The molecule has 3 rings (SSSR count). The average molecular weight is 410 g/mol. The molecule has 9 nitrogen and oxygen atoms in total. The predicted octanol–water partition coefficient (Wildman–Crippen LogP) is 1.53. The molecule has 1 aliphatic heterocycles. The third kappa shape index (κ3) is 4.91. The highest BCUT2D eigenvalue weighted by Crippen LogP contribution is 2.31. The zero-order chi connectivity index (χ0) is 21.9. The van der Waals surface area contributed by atoms with Gasteiger partial charge in [-0.2, -0.15) is 10.2 Å². The number of hydrogen-bond donors (Lipinski definition) is 3. The fourth-order valence-corrected chi connectivity index (χ4v) is 3.21. The second-order valence-electron chi connectivity index (χ2n) is 8.30. The Hall–Kier alpha value is -3.49. The molecule has 0 bridgehead atoms. The van der Waals surface area contributed by atoms with Gasteiger partial charge in [-0.25, -0.2) is 5.43 Å². The summed E-state index contributed by atoms with van der Waals surface area (Å²) in [4.78, 5) is 38.7. The summed E-state index contributed by atoms with van der Waals surface area (Å²) in [5.74, 6) is -1.21. The number of benzene rings is 1. The van der Waals surface area contributed by atoms with E-state index in [1.807, 2.05) is 45.0 Å². The van der Waals surface area contributed by atoms with Crippen LogP contribution in [-0.2, 0) is 14.4 Å². The van der Waals surface area contributed by atoms with E-state index in [9.17, 15) is 14.4 Å². The van der Waals surface area contributed by atoms with Gasteiger partial charge in [-0.3, -0.25) is 19.8 Å². The molecule has 1 fully saturated rings. The average Bonchev–Trinajstić information content (AvgIpc) is 2.68. The maximum absolute atomic E-state index is 12.7. The first-order chi connectivity index (χ1) is 14.2. The van der Waals surface area contributed by atoms with Crippen molar-refractivity contribution in [1.82, 2.24) is 15.6 Å². The number of likely N-dealkylation sites (N-methyl/N-ethyl adjacent to an activating group) is 1. The third-order valence-corrected chi connectivity index (χ3v) is 4.86. The van der Waals surface area contributed by atoms with Crippen molar-refractivity contribution in [2.45, 2.75) is 33.6 Å². The van der Waals surface area contributed by atoms with Gasteiger partial charge < -0.3 is 10.2 Å². The number of nitrogens with one attached hydrogen (secondary N) is 3. The summed E-state index contributed by atoms with van der Waals surface area (Å²) >= 11 is 0. The molecule has 0 spiro atoms. The lowest BCUT2D eigenvalue weighted by Crippen LogP contribution is -2.44. The highest BCUT2D eigenvalue weighted by Gasteiger charge is 2.36. The molecule has 1 heterocycles. The third-order valence-electron chi connectivity index (χ3n) is 4.86.